The zero-order valence-corrected chi connectivity index (χ0v) is 12.5. The number of nitro groups is 1. The Kier molecular flexibility index (Phi) is 5.51. The molecule has 2 rings (SSSR count). The van der Waals surface area contributed by atoms with Crippen molar-refractivity contribution in [2.24, 2.45) is 5.92 Å². The summed E-state index contributed by atoms with van der Waals surface area (Å²) in [5.74, 6) is -1.19. The van der Waals surface area contributed by atoms with Crippen LogP contribution in [0.2, 0.25) is 0 Å². The zero-order chi connectivity index (χ0) is 16.8. The number of rotatable bonds is 9. The highest BCUT2D eigenvalue weighted by Crippen LogP contribution is 2.32. The minimum Gasteiger partial charge on any atom is -0.480 e. The average molecular weight is 321 g/mol. The van der Waals surface area contributed by atoms with Crippen LogP contribution in [0.5, 0.6) is 0 Å². The minimum atomic E-state index is -0.982. The van der Waals surface area contributed by atoms with E-state index in [9.17, 15) is 19.7 Å². The lowest BCUT2D eigenvalue weighted by Crippen LogP contribution is -2.42. The van der Waals surface area contributed by atoms with Crippen LogP contribution in [-0.2, 0) is 9.59 Å². The number of aliphatic carboxylic acids is 1. The average Bonchev–Trinajstić information content (AvgIpc) is 3.34. The Labute approximate surface area is 133 Å². The fourth-order valence-electron chi connectivity index (χ4n) is 2.24. The molecule has 0 aliphatic heterocycles. The highest BCUT2D eigenvalue weighted by Gasteiger charge is 2.37. The summed E-state index contributed by atoms with van der Waals surface area (Å²) in [7, 11) is 0. The van der Waals surface area contributed by atoms with Crippen molar-refractivity contribution in [3.8, 4) is 0 Å². The van der Waals surface area contributed by atoms with Gasteiger partial charge in [0, 0.05) is 30.8 Å². The molecule has 0 radical (unpaired) electrons. The number of carboxylic acid groups (broad SMARTS) is 1. The molecule has 8 heteroatoms. The standard InChI is InChI=1S/C15H19N3O5/c19-13(17-14(15(20)21)10-3-4-10)2-1-9-16-11-5-7-12(8-6-11)18(22)23/h5-8,10,14,16H,1-4,9H2,(H,17,19)(H,20,21). The maximum absolute atomic E-state index is 11.7. The monoisotopic (exact) mass is 321 g/mol. The number of carbonyl (C=O) groups is 2. The molecule has 1 aromatic carbocycles. The van der Waals surface area contributed by atoms with E-state index in [2.05, 4.69) is 10.6 Å². The molecule has 0 heterocycles. The second-order valence-corrected chi connectivity index (χ2v) is 5.56. The first-order valence-corrected chi connectivity index (χ1v) is 7.48. The zero-order valence-electron chi connectivity index (χ0n) is 12.5. The van der Waals surface area contributed by atoms with Gasteiger partial charge in [0.25, 0.3) is 5.69 Å². The van der Waals surface area contributed by atoms with Crippen molar-refractivity contribution in [2.75, 3.05) is 11.9 Å². The van der Waals surface area contributed by atoms with Crippen molar-refractivity contribution in [3.05, 3.63) is 34.4 Å². The van der Waals surface area contributed by atoms with E-state index >= 15 is 0 Å². The van der Waals surface area contributed by atoms with E-state index in [0.717, 1.165) is 18.5 Å². The lowest BCUT2D eigenvalue weighted by molar-refractivity contribution is -0.384. The van der Waals surface area contributed by atoms with Gasteiger partial charge in [0.05, 0.1) is 4.92 Å². The number of amides is 1. The SMILES string of the molecule is O=C(CCCNc1ccc([N+](=O)[O-])cc1)NC(C(=O)O)C1CC1. The molecule has 0 bridgehead atoms. The summed E-state index contributed by atoms with van der Waals surface area (Å²) in [6.45, 7) is 0.520. The van der Waals surface area contributed by atoms with Crippen LogP contribution >= 0.6 is 0 Å². The van der Waals surface area contributed by atoms with Crippen molar-refractivity contribution in [1.29, 1.82) is 0 Å². The number of benzene rings is 1. The normalized spacial score (nSPS) is 14.8. The molecule has 1 aliphatic rings. The molecule has 1 aliphatic carbocycles. The van der Waals surface area contributed by atoms with Crippen molar-refractivity contribution < 1.29 is 19.6 Å². The topological polar surface area (TPSA) is 122 Å². The van der Waals surface area contributed by atoms with E-state index in [0.29, 0.717) is 13.0 Å². The quantitative estimate of drug-likeness (QED) is 0.362. The van der Waals surface area contributed by atoms with Gasteiger partial charge in [-0.15, -0.1) is 0 Å². The maximum atomic E-state index is 11.7. The van der Waals surface area contributed by atoms with E-state index in [1.807, 2.05) is 0 Å². The van der Waals surface area contributed by atoms with Gasteiger partial charge in [-0.3, -0.25) is 14.9 Å². The van der Waals surface area contributed by atoms with Crippen LogP contribution in [0.4, 0.5) is 11.4 Å². The Balaban J connectivity index is 1.67. The molecule has 1 unspecified atom stereocenters. The summed E-state index contributed by atoms with van der Waals surface area (Å²) in [5.41, 5.74) is 0.757. The third kappa shape index (κ3) is 5.24. The first-order chi connectivity index (χ1) is 11.0. The largest absolute Gasteiger partial charge is 0.480 e. The van der Waals surface area contributed by atoms with Crippen LogP contribution in [0.25, 0.3) is 0 Å². The first kappa shape index (κ1) is 16.7. The molecule has 23 heavy (non-hydrogen) atoms. The molecule has 1 fully saturated rings. The molecule has 0 spiro atoms. The van der Waals surface area contributed by atoms with Gasteiger partial charge in [0.2, 0.25) is 5.91 Å². The van der Waals surface area contributed by atoms with Crippen molar-refractivity contribution in [1.82, 2.24) is 5.32 Å². The number of non-ortho nitro benzene ring substituents is 1. The van der Waals surface area contributed by atoms with E-state index < -0.39 is 16.9 Å². The Hall–Kier alpha value is -2.64. The molecule has 8 nitrogen and oxygen atoms in total. The fraction of sp³-hybridized carbons (Fsp3) is 0.467. The number of hydrogen-bond donors (Lipinski definition) is 3. The second kappa shape index (κ2) is 7.57. The van der Waals surface area contributed by atoms with Crippen LogP contribution < -0.4 is 10.6 Å². The van der Waals surface area contributed by atoms with Crippen LogP contribution in [0.15, 0.2) is 24.3 Å². The second-order valence-electron chi connectivity index (χ2n) is 5.56. The fourth-order valence-corrected chi connectivity index (χ4v) is 2.24. The van der Waals surface area contributed by atoms with Gasteiger partial charge >= 0.3 is 5.97 Å². The van der Waals surface area contributed by atoms with E-state index in [-0.39, 0.29) is 23.9 Å². The molecule has 0 saturated heterocycles. The molecule has 3 N–H and O–H groups in total. The smallest absolute Gasteiger partial charge is 0.326 e. The predicted octanol–water partition coefficient (Wildman–Crippen LogP) is 1.77. The van der Waals surface area contributed by atoms with Crippen LogP contribution in [-0.4, -0.2) is 34.5 Å². The summed E-state index contributed by atoms with van der Waals surface area (Å²) in [6.07, 6.45) is 2.47. The lowest BCUT2D eigenvalue weighted by atomic mass is 10.1. The third-order valence-electron chi connectivity index (χ3n) is 3.66. The van der Waals surface area contributed by atoms with E-state index in [1.165, 1.54) is 12.1 Å². The summed E-state index contributed by atoms with van der Waals surface area (Å²) < 4.78 is 0. The number of nitrogens with one attached hydrogen (secondary N) is 2. The predicted molar refractivity (Wildman–Crippen MR) is 83.1 cm³/mol. The van der Waals surface area contributed by atoms with Gasteiger partial charge in [-0.2, -0.15) is 0 Å². The Morgan fingerprint density at radius 3 is 2.48 bits per heavy atom. The van der Waals surface area contributed by atoms with Crippen LogP contribution in [0.3, 0.4) is 0 Å². The third-order valence-corrected chi connectivity index (χ3v) is 3.66. The summed E-state index contributed by atoms with van der Waals surface area (Å²) >= 11 is 0. The van der Waals surface area contributed by atoms with Gasteiger partial charge in [-0.1, -0.05) is 0 Å². The molecule has 1 aromatic rings. The summed E-state index contributed by atoms with van der Waals surface area (Å²) in [5, 5.41) is 25.2. The highest BCUT2D eigenvalue weighted by atomic mass is 16.6. The lowest BCUT2D eigenvalue weighted by Gasteiger charge is -2.13. The Bertz CT molecular complexity index is 583. The van der Waals surface area contributed by atoms with Crippen molar-refractivity contribution in [3.63, 3.8) is 0 Å². The van der Waals surface area contributed by atoms with Gasteiger partial charge in [-0.05, 0) is 37.3 Å². The van der Waals surface area contributed by atoms with Crippen molar-refractivity contribution >= 4 is 23.3 Å². The molecule has 124 valence electrons. The number of hydrogen-bond acceptors (Lipinski definition) is 5. The van der Waals surface area contributed by atoms with Crippen LogP contribution in [0.1, 0.15) is 25.7 Å². The van der Waals surface area contributed by atoms with Crippen LogP contribution in [0, 0.1) is 16.0 Å². The van der Waals surface area contributed by atoms with Gasteiger partial charge in [-0.25, -0.2) is 4.79 Å². The maximum Gasteiger partial charge on any atom is 0.326 e. The molecule has 1 saturated carbocycles. The molecular formula is C15H19N3O5. The molecular weight excluding hydrogens is 302 g/mol. The number of nitrogens with zero attached hydrogens (tertiary/aromatic N) is 1. The molecule has 0 aromatic heterocycles. The van der Waals surface area contributed by atoms with Gasteiger partial charge in [0.1, 0.15) is 6.04 Å². The Morgan fingerprint density at radius 2 is 1.96 bits per heavy atom. The number of nitro benzene ring substituents is 1. The number of carboxylic acids is 1. The number of carbonyl (C=O) groups excluding carboxylic acids is 1. The van der Waals surface area contributed by atoms with Gasteiger partial charge < -0.3 is 15.7 Å². The Morgan fingerprint density at radius 1 is 1.30 bits per heavy atom. The number of anilines is 1. The first-order valence-electron chi connectivity index (χ1n) is 7.48. The summed E-state index contributed by atoms with van der Waals surface area (Å²) in [6, 6.07) is 5.24. The van der Waals surface area contributed by atoms with E-state index in [1.54, 1.807) is 12.1 Å². The van der Waals surface area contributed by atoms with Gasteiger partial charge in [0.15, 0.2) is 0 Å². The highest BCUT2D eigenvalue weighted by molar-refractivity contribution is 5.84. The molecule has 1 atom stereocenters. The van der Waals surface area contributed by atoms with Crippen molar-refractivity contribution in [2.45, 2.75) is 31.7 Å². The minimum absolute atomic E-state index is 0.0229. The summed E-state index contributed by atoms with van der Waals surface area (Å²) in [4.78, 5) is 32.8. The van der Waals surface area contributed by atoms with E-state index in [4.69, 9.17) is 5.11 Å². The molecule has 1 amide bonds.